The molecule has 7 nitrogen and oxygen atoms in total. The lowest BCUT2D eigenvalue weighted by molar-refractivity contribution is -0.143. The lowest BCUT2D eigenvalue weighted by Gasteiger charge is -2.34. The predicted octanol–water partition coefficient (Wildman–Crippen LogP) is 3.17. The van der Waals surface area contributed by atoms with Gasteiger partial charge < -0.3 is 10.0 Å². The third-order valence-electron chi connectivity index (χ3n) is 4.62. The monoisotopic (exact) mass is 462 g/mol. The molecule has 1 fully saturated rings. The molecule has 0 bridgehead atoms. The standard InChI is InChI=1S/C16H16F6N2O5S/c1-8-7-24(14(26)27)3-2-12(8)13(25)23-30(28,29)11-5-9(15(17,18)19)4-10(6-11)16(20,21)22/h4-6,8,12H,2-3,7H2,1H3,(H,23,25)(H,26,27)/t8-,12-/m1/s1. The summed E-state index contributed by atoms with van der Waals surface area (Å²) in [6.07, 6.45) is -11.8. The number of nitrogens with zero attached hydrogens (tertiary/aromatic N) is 1. The maximum absolute atomic E-state index is 12.9. The molecule has 1 aliphatic heterocycles. The SMILES string of the molecule is C[C@@H]1CN(C(=O)O)CC[C@H]1C(=O)NS(=O)(=O)c1cc(C(F)(F)F)cc(C(F)(F)F)c1. The molecule has 0 radical (unpaired) electrons. The molecule has 0 aliphatic carbocycles. The van der Waals surface area contributed by atoms with Crippen LogP contribution in [0.1, 0.15) is 24.5 Å². The highest BCUT2D eigenvalue weighted by molar-refractivity contribution is 7.90. The zero-order valence-corrected chi connectivity index (χ0v) is 16.0. The molecule has 2 amide bonds. The summed E-state index contributed by atoms with van der Waals surface area (Å²) >= 11 is 0. The van der Waals surface area contributed by atoms with Gasteiger partial charge in [0, 0.05) is 19.0 Å². The van der Waals surface area contributed by atoms with E-state index in [1.165, 1.54) is 11.6 Å². The fourth-order valence-corrected chi connectivity index (χ4v) is 4.16. The van der Waals surface area contributed by atoms with E-state index in [1.54, 1.807) is 0 Å². The first kappa shape index (κ1) is 23.8. The molecule has 1 aromatic carbocycles. The molecule has 14 heteroatoms. The van der Waals surface area contributed by atoms with Gasteiger partial charge in [-0.15, -0.1) is 0 Å². The van der Waals surface area contributed by atoms with Crippen molar-refractivity contribution in [1.82, 2.24) is 9.62 Å². The molecule has 0 aromatic heterocycles. The van der Waals surface area contributed by atoms with Gasteiger partial charge >= 0.3 is 18.4 Å². The highest BCUT2D eigenvalue weighted by Crippen LogP contribution is 2.37. The molecule has 2 N–H and O–H groups in total. The normalized spacial score (nSPS) is 20.7. The molecule has 0 spiro atoms. The molecule has 1 heterocycles. The summed E-state index contributed by atoms with van der Waals surface area (Å²) in [6.45, 7) is 1.30. The van der Waals surface area contributed by atoms with Crippen LogP contribution in [-0.2, 0) is 27.2 Å². The summed E-state index contributed by atoms with van der Waals surface area (Å²) in [5.41, 5.74) is -3.68. The van der Waals surface area contributed by atoms with Gasteiger partial charge in [-0.1, -0.05) is 6.92 Å². The third-order valence-corrected chi connectivity index (χ3v) is 5.95. The van der Waals surface area contributed by atoms with Gasteiger partial charge in [0.2, 0.25) is 5.91 Å². The number of hydrogen-bond donors (Lipinski definition) is 2. The average molecular weight is 462 g/mol. The number of nitrogens with one attached hydrogen (secondary N) is 1. The first-order chi connectivity index (χ1) is 13.5. The molecule has 1 aliphatic rings. The van der Waals surface area contributed by atoms with Crippen LogP contribution in [0.15, 0.2) is 23.1 Å². The summed E-state index contributed by atoms with van der Waals surface area (Å²) in [7, 11) is -5.06. The Bertz CT molecular complexity index is 912. The second-order valence-electron chi connectivity index (χ2n) is 6.81. The van der Waals surface area contributed by atoms with Gasteiger partial charge in [0.25, 0.3) is 10.0 Å². The number of likely N-dealkylation sites (tertiary alicyclic amines) is 1. The first-order valence-electron chi connectivity index (χ1n) is 8.36. The lowest BCUT2D eigenvalue weighted by Crippen LogP contribution is -2.48. The van der Waals surface area contributed by atoms with Crippen LogP contribution in [0.5, 0.6) is 0 Å². The average Bonchev–Trinajstić information content (AvgIpc) is 2.59. The molecular formula is C16H16F6N2O5S. The van der Waals surface area contributed by atoms with Crippen molar-refractivity contribution in [2.75, 3.05) is 13.1 Å². The number of rotatable bonds is 3. The number of hydrogen-bond acceptors (Lipinski definition) is 4. The third kappa shape index (κ3) is 5.34. The van der Waals surface area contributed by atoms with Crippen molar-refractivity contribution in [2.45, 2.75) is 30.6 Å². The van der Waals surface area contributed by atoms with E-state index in [-0.39, 0.29) is 37.7 Å². The van der Waals surface area contributed by atoms with Crippen LogP contribution in [0, 0.1) is 11.8 Å². The number of carbonyl (C=O) groups excluding carboxylic acids is 1. The van der Waals surface area contributed by atoms with Crippen molar-refractivity contribution in [2.24, 2.45) is 11.8 Å². The molecule has 2 rings (SSSR count). The van der Waals surface area contributed by atoms with Crippen molar-refractivity contribution >= 4 is 22.0 Å². The first-order valence-corrected chi connectivity index (χ1v) is 9.84. The van der Waals surface area contributed by atoms with E-state index in [2.05, 4.69) is 0 Å². The molecule has 0 saturated carbocycles. The maximum atomic E-state index is 12.9. The Balaban J connectivity index is 2.33. The van der Waals surface area contributed by atoms with Crippen molar-refractivity contribution in [1.29, 1.82) is 0 Å². The smallest absolute Gasteiger partial charge is 0.416 e. The Morgan fingerprint density at radius 1 is 1.07 bits per heavy atom. The Kier molecular flexibility index (Phi) is 6.31. The van der Waals surface area contributed by atoms with Gasteiger partial charge in [-0.2, -0.15) is 26.3 Å². The summed E-state index contributed by atoms with van der Waals surface area (Å²) in [5.74, 6) is -2.76. The van der Waals surface area contributed by atoms with Gasteiger partial charge in [0.05, 0.1) is 16.0 Å². The Morgan fingerprint density at radius 2 is 1.57 bits per heavy atom. The van der Waals surface area contributed by atoms with Crippen molar-refractivity contribution in [3.05, 3.63) is 29.3 Å². The van der Waals surface area contributed by atoms with E-state index in [0.717, 1.165) is 4.90 Å². The molecule has 30 heavy (non-hydrogen) atoms. The van der Waals surface area contributed by atoms with Crippen LogP contribution < -0.4 is 4.72 Å². The minimum Gasteiger partial charge on any atom is -0.465 e. The highest BCUT2D eigenvalue weighted by Gasteiger charge is 2.39. The van der Waals surface area contributed by atoms with Crippen molar-refractivity contribution < 1.29 is 49.5 Å². The fourth-order valence-electron chi connectivity index (χ4n) is 3.06. The molecule has 2 atom stereocenters. The van der Waals surface area contributed by atoms with Crippen molar-refractivity contribution in [3.8, 4) is 0 Å². The Morgan fingerprint density at radius 3 is 1.97 bits per heavy atom. The maximum Gasteiger partial charge on any atom is 0.416 e. The summed E-state index contributed by atoms with van der Waals surface area (Å²) in [5, 5.41) is 8.95. The second kappa shape index (κ2) is 7.96. The Hall–Kier alpha value is -2.51. The quantitative estimate of drug-likeness (QED) is 0.672. The minimum absolute atomic E-state index is 0.00130. The zero-order chi connectivity index (χ0) is 23.1. The van der Waals surface area contributed by atoms with Gasteiger partial charge in [-0.3, -0.25) is 4.79 Å². The van der Waals surface area contributed by atoms with Gasteiger partial charge in [-0.25, -0.2) is 17.9 Å². The van der Waals surface area contributed by atoms with Gasteiger partial charge in [0.1, 0.15) is 0 Å². The predicted molar refractivity (Wildman–Crippen MR) is 88.6 cm³/mol. The van der Waals surface area contributed by atoms with E-state index in [4.69, 9.17) is 5.11 Å². The van der Waals surface area contributed by atoms with E-state index < -0.39 is 62.2 Å². The molecular weight excluding hydrogens is 446 g/mol. The van der Waals surface area contributed by atoms with Gasteiger partial charge in [-0.05, 0) is 30.5 Å². The number of amides is 2. The number of sulfonamides is 1. The second-order valence-corrected chi connectivity index (χ2v) is 8.49. The fraction of sp³-hybridized carbons (Fsp3) is 0.500. The van der Waals surface area contributed by atoms with Crippen LogP contribution in [0.4, 0.5) is 31.1 Å². The number of halogens is 6. The van der Waals surface area contributed by atoms with Gasteiger partial charge in [0.15, 0.2) is 0 Å². The van der Waals surface area contributed by atoms with Crippen LogP contribution in [0.25, 0.3) is 0 Å². The number of benzene rings is 1. The molecule has 1 aromatic rings. The number of carboxylic acid groups (broad SMARTS) is 1. The lowest BCUT2D eigenvalue weighted by atomic mass is 9.86. The summed E-state index contributed by atoms with van der Waals surface area (Å²) < 4.78 is 104. The topological polar surface area (TPSA) is 104 Å². The zero-order valence-electron chi connectivity index (χ0n) is 15.2. The molecule has 0 unspecified atom stereocenters. The Labute approximate surface area is 166 Å². The van der Waals surface area contributed by atoms with Crippen molar-refractivity contribution in [3.63, 3.8) is 0 Å². The summed E-state index contributed by atoms with van der Waals surface area (Å²) in [6, 6.07) is -0.229. The van der Waals surface area contributed by atoms with Crippen LogP contribution >= 0.6 is 0 Å². The van der Waals surface area contributed by atoms with E-state index in [0.29, 0.717) is 0 Å². The number of carbonyl (C=O) groups is 2. The number of alkyl halides is 6. The van der Waals surface area contributed by atoms with E-state index >= 15 is 0 Å². The van der Waals surface area contributed by atoms with Crippen LogP contribution in [0.2, 0.25) is 0 Å². The van der Waals surface area contributed by atoms with Crippen LogP contribution in [-0.4, -0.2) is 43.5 Å². The molecule has 1 saturated heterocycles. The largest absolute Gasteiger partial charge is 0.465 e. The highest BCUT2D eigenvalue weighted by atomic mass is 32.2. The minimum atomic E-state index is -5.26. The molecule has 168 valence electrons. The van der Waals surface area contributed by atoms with E-state index in [9.17, 15) is 44.3 Å². The number of piperidine rings is 1. The van der Waals surface area contributed by atoms with Crippen LogP contribution in [0.3, 0.4) is 0 Å². The van der Waals surface area contributed by atoms with E-state index in [1.807, 2.05) is 0 Å². The summed E-state index contributed by atoms with van der Waals surface area (Å²) in [4.78, 5) is 22.9.